The van der Waals surface area contributed by atoms with E-state index in [-0.39, 0.29) is 0 Å². The Morgan fingerprint density at radius 3 is 2.92 bits per heavy atom. The van der Waals surface area contributed by atoms with Crippen LogP contribution >= 0.6 is 0 Å². The molecule has 1 aromatic rings. The lowest BCUT2D eigenvalue weighted by Crippen LogP contribution is -2.01. The monoisotopic (exact) mass is 162 g/mol. The zero-order valence-corrected chi connectivity index (χ0v) is 6.87. The van der Waals surface area contributed by atoms with Crippen LogP contribution in [0.15, 0.2) is 12.1 Å². The van der Waals surface area contributed by atoms with E-state index in [9.17, 15) is 0 Å². The molecule has 3 nitrogen and oxygen atoms in total. The van der Waals surface area contributed by atoms with Gasteiger partial charge in [0.05, 0.1) is 12.8 Å². The second-order valence-corrected chi connectivity index (χ2v) is 2.24. The van der Waals surface area contributed by atoms with Crippen LogP contribution in [0.3, 0.4) is 0 Å². The molecular formula is C9H10N2O. The van der Waals surface area contributed by atoms with Gasteiger partial charge < -0.3 is 10.5 Å². The van der Waals surface area contributed by atoms with Gasteiger partial charge in [-0.3, -0.25) is 0 Å². The highest BCUT2D eigenvalue weighted by Gasteiger charge is 1.98. The summed E-state index contributed by atoms with van der Waals surface area (Å²) >= 11 is 0. The van der Waals surface area contributed by atoms with Crippen LogP contribution in [0.1, 0.15) is 11.3 Å². The summed E-state index contributed by atoms with van der Waals surface area (Å²) in [5.41, 5.74) is 6.89. The van der Waals surface area contributed by atoms with Gasteiger partial charge in [-0.1, -0.05) is 5.92 Å². The van der Waals surface area contributed by atoms with Gasteiger partial charge in [-0.2, -0.15) is 0 Å². The highest BCUT2D eigenvalue weighted by Crippen LogP contribution is 2.10. The van der Waals surface area contributed by atoms with Gasteiger partial charge in [0.15, 0.2) is 0 Å². The van der Waals surface area contributed by atoms with Crippen LogP contribution in [-0.2, 0) is 6.54 Å². The van der Waals surface area contributed by atoms with Crippen molar-refractivity contribution in [3.05, 3.63) is 23.4 Å². The normalized spacial score (nSPS) is 9.08. The average molecular weight is 162 g/mol. The summed E-state index contributed by atoms with van der Waals surface area (Å²) in [6.07, 6.45) is 5.22. The third-order valence-electron chi connectivity index (χ3n) is 1.44. The Bertz CT molecular complexity index is 293. The molecular weight excluding hydrogens is 152 g/mol. The Hall–Kier alpha value is -1.53. The van der Waals surface area contributed by atoms with Gasteiger partial charge in [0.1, 0.15) is 0 Å². The molecule has 0 atom stereocenters. The average Bonchev–Trinajstić information content (AvgIpc) is 2.16. The van der Waals surface area contributed by atoms with E-state index in [1.807, 2.05) is 0 Å². The maximum absolute atomic E-state index is 5.41. The third kappa shape index (κ3) is 1.74. The summed E-state index contributed by atoms with van der Waals surface area (Å²) in [5.74, 6) is 3.01. The van der Waals surface area contributed by atoms with Crippen molar-refractivity contribution >= 4 is 0 Å². The lowest BCUT2D eigenvalue weighted by molar-refractivity contribution is 0.396. The molecule has 0 saturated heterocycles. The summed E-state index contributed by atoms with van der Waals surface area (Å²) in [5, 5.41) is 0. The topological polar surface area (TPSA) is 48.1 Å². The number of pyridine rings is 1. The SMILES string of the molecule is C#Cc1cc(CN)nc(OC)c1. The lowest BCUT2D eigenvalue weighted by Gasteiger charge is -2.02. The minimum Gasteiger partial charge on any atom is -0.481 e. The first-order valence-electron chi connectivity index (χ1n) is 3.51. The number of hydrogen-bond acceptors (Lipinski definition) is 3. The molecule has 1 heterocycles. The number of aromatic nitrogens is 1. The minimum atomic E-state index is 0.367. The molecule has 0 aliphatic rings. The smallest absolute Gasteiger partial charge is 0.214 e. The van der Waals surface area contributed by atoms with Gasteiger partial charge in [-0.05, 0) is 6.07 Å². The van der Waals surface area contributed by atoms with Gasteiger partial charge in [-0.25, -0.2) is 4.98 Å². The lowest BCUT2D eigenvalue weighted by atomic mass is 10.2. The Labute approximate surface area is 71.6 Å². The van der Waals surface area contributed by atoms with Crippen molar-refractivity contribution in [2.24, 2.45) is 5.73 Å². The van der Waals surface area contributed by atoms with Crippen LogP contribution in [0.2, 0.25) is 0 Å². The predicted octanol–water partition coefficient (Wildman–Crippen LogP) is 0.530. The summed E-state index contributed by atoms with van der Waals surface area (Å²) < 4.78 is 4.94. The first kappa shape index (κ1) is 8.57. The zero-order valence-electron chi connectivity index (χ0n) is 6.87. The fraction of sp³-hybridized carbons (Fsp3) is 0.222. The molecule has 62 valence electrons. The fourth-order valence-corrected chi connectivity index (χ4v) is 0.853. The number of methoxy groups -OCH3 is 1. The standard InChI is InChI=1S/C9H10N2O/c1-3-7-4-8(6-10)11-9(5-7)12-2/h1,4-5H,6,10H2,2H3. The number of ether oxygens (including phenoxy) is 1. The number of hydrogen-bond donors (Lipinski definition) is 1. The summed E-state index contributed by atoms with van der Waals surface area (Å²) in [4.78, 5) is 4.08. The van der Waals surface area contributed by atoms with Crippen molar-refractivity contribution in [3.63, 3.8) is 0 Å². The molecule has 12 heavy (non-hydrogen) atoms. The van der Waals surface area contributed by atoms with Crippen LogP contribution in [0.25, 0.3) is 0 Å². The van der Waals surface area contributed by atoms with Crippen LogP contribution in [0, 0.1) is 12.3 Å². The van der Waals surface area contributed by atoms with E-state index in [1.54, 1.807) is 19.2 Å². The molecule has 2 N–H and O–H groups in total. The third-order valence-corrected chi connectivity index (χ3v) is 1.44. The van der Waals surface area contributed by atoms with Crippen LogP contribution in [0.4, 0.5) is 0 Å². The van der Waals surface area contributed by atoms with Crippen molar-refractivity contribution in [2.75, 3.05) is 7.11 Å². The highest BCUT2D eigenvalue weighted by molar-refractivity contribution is 5.36. The maximum atomic E-state index is 5.41. The number of rotatable bonds is 2. The van der Waals surface area contributed by atoms with Crippen LogP contribution in [0.5, 0.6) is 5.88 Å². The molecule has 1 aromatic heterocycles. The van der Waals surface area contributed by atoms with Crippen molar-refractivity contribution < 1.29 is 4.74 Å². The van der Waals surface area contributed by atoms with Crippen LogP contribution < -0.4 is 10.5 Å². The minimum absolute atomic E-state index is 0.367. The number of terminal acetylenes is 1. The van der Waals surface area contributed by atoms with E-state index >= 15 is 0 Å². The van der Waals surface area contributed by atoms with Crippen molar-refractivity contribution in [2.45, 2.75) is 6.54 Å². The second-order valence-electron chi connectivity index (χ2n) is 2.24. The van der Waals surface area contributed by atoms with E-state index in [1.165, 1.54) is 0 Å². The Balaban J connectivity index is 3.12. The van der Waals surface area contributed by atoms with E-state index in [0.717, 1.165) is 11.3 Å². The van der Waals surface area contributed by atoms with E-state index in [0.29, 0.717) is 12.4 Å². The first-order chi connectivity index (χ1) is 5.80. The molecule has 0 bridgehead atoms. The summed E-state index contributed by atoms with van der Waals surface area (Å²) in [6, 6.07) is 3.46. The molecule has 0 aromatic carbocycles. The zero-order chi connectivity index (χ0) is 8.97. The predicted molar refractivity (Wildman–Crippen MR) is 46.6 cm³/mol. The quantitative estimate of drug-likeness (QED) is 0.645. The molecule has 3 heteroatoms. The van der Waals surface area contributed by atoms with Crippen molar-refractivity contribution in [3.8, 4) is 18.2 Å². The van der Waals surface area contributed by atoms with Gasteiger partial charge in [-0.15, -0.1) is 6.42 Å². The highest BCUT2D eigenvalue weighted by atomic mass is 16.5. The van der Waals surface area contributed by atoms with E-state index in [4.69, 9.17) is 16.9 Å². The second kappa shape index (κ2) is 3.74. The molecule has 0 fully saturated rings. The maximum Gasteiger partial charge on any atom is 0.214 e. The molecule has 0 saturated carbocycles. The first-order valence-corrected chi connectivity index (χ1v) is 3.51. The fourth-order valence-electron chi connectivity index (χ4n) is 0.853. The van der Waals surface area contributed by atoms with Gasteiger partial charge >= 0.3 is 0 Å². The molecule has 0 unspecified atom stereocenters. The van der Waals surface area contributed by atoms with E-state index < -0.39 is 0 Å². The van der Waals surface area contributed by atoms with E-state index in [2.05, 4.69) is 10.9 Å². The molecule has 1 rings (SSSR count). The van der Waals surface area contributed by atoms with Gasteiger partial charge in [0.25, 0.3) is 0 Å². The number of nitrogens with zero attached hydrogens (tertiary/aromatic N) is 1. The van der Waals surface area contributed by atoms with Crippen LogP contribution in [-0.4, -0.2) is 12.1 Å². The Morgan fingerprint density at radius 1 is 1.67 bits per heavy atom. The molecule has 0 radical (unpaired) electrons. The Kier molecular flexibility index (Phi) is 2.67. The molecule has 0 aliphatic carbocycles. The van der Waals surface area contributed by atoms with Gasteiger partial charge in [0.2, 0.25) is 5.88 Å². The van der Waals surface area contributed by atoms with Crippen molar-refractivity contribution in [1.82, 2.24) is 4.98 Å². The summed E-state index contributed by atoms with van der Waals surface area (Å²) in [6.45, 7) is 0.367. The largest absolute Gasteiger partial charge is 0.481 e. The number of nitrogens with two attached hydrogens (primary N) is 1. The summed E-state index contributed by atoms with van der Waals surface area (Å²) in [7, 11) is 1.54. The molecule has 0 spiro atoms. The Morgan fingerprint density at radius 2 is 2.42 bits per heavy atom. The van der Waals surface area contributed by atoms with Gasteiger partial charge in [0, 0.05) is 18.2 Å². The van der Waals surface area contributed by atoms with Crippen molar-refractivity contribution in [1.29, 1.82) is 0 Å². The molecule has 0 aliphatic heterocycles. The molecule has 0 amide bonds.